The molecule has 0 bridgehead atoms. The van der Waals surface area contributed by atoms with E-state index in [2.05, 4.69) is 10.2 Å². The van der Waals surface area contributed by atoms with Crippen LogP contribution in [0.25, 0.3) is 0 Å². The van der Waals surface area contributed by atoms with E-state index in [-0.39, 0.29) is 12.4 Å². The lowest BCUT2D eigenvalue weighted by atomic mass is 10.2. The highest BCUT2D eigenvalue weighted by atomic mass is 19.4. The van der Waals surface area contributed by atoms with Gasteiger partial charge in [0.05, 0.1) is 12.4 Å². The second kappa shape index (κ2) is 7.25. The smallest absolute Gasteiger partial charge is 0.166 e. The number of rotatable bonds is 3. The lowest BCUT2D eigenvalue weighted by molar-refractivity contribution is -0.173. The zero-order chi connectivity index (χ0) is 19.4. The van der Waals surface area contributed by atoms with Gasteiger partial charge >= 0.3 is 24.7 Å². The van der Waals surface area contributed by atoms with Crippen LogP contribution in [0.5, 0.6) is 0 Å². The SMILES string of the molecule is FC(F)(F)C(=C/C=N/N=C/C=C(C(F)(F)F)C(F)(F)F)C(F)(F)F. The molecule has 0 aromatic carbocycles. The fourth-order valence-electron chi connectivity index (χ4n) is 0.992. The van der Waals surface area contributed by atoms with Crippen LogP contribution in [0, 0.1) is 0 Å². The summed E-state index contributed by atoms with van der Waals surface area (Å²) in [5.41, 5.74) is -5.98. The van der Waals surface area contributed by atoms with Crippen molar-refractivity contribution in [1.29, 1.82) is 0 Å². The average molecular weight is 380 g/mol. The van der Waals surface area contributed by atoms with E-state index in [9.17, 15) is 52.7 Å². The maximum atomic E-state index is 12.0. The lowest BCUT2D eigenvalue weighted by Gasteiger charge is -2.13. The molecule has 0 aliphatic heterocycles. The molecular weight excluding hydrogens is 376 g/mol. The summed E-state index contributed by atoms with van der Waals surface area (Å²) in [6, 6.07) is 0. The van der Waals surface area contributed by atoms with E-state index in [4.69, 9.17) is 0 Å². The molecule has 0 saturated carbocycles. The first-order chi connectivity index (χ1) is 10.5. The molecule has 0 rings (SSSR count). The van der Waals surface area contributed by atoms with E-state index in [1.807, 2.05) is 0 Å². The van der Waals surface area contributed by atoms with E-state index in [1.54, 1.807) is 0 Å². The normalized spacial score (nSPS) is 14.3. The average Bonchev–Trinajstić information content (AvgIpc) is 2.25. The highest BCUT2D eigenvalue weighted by Gasteiger charge is 2.51. The number of allylic oxidation sites excluding steroid dienone is 4. The van der Waals surface area contributed by atoms with Gasteiger partial charge in [-0.05, 0) is 12.2 Å². The van der Waals surface area contributed by atoms with Gasteiger partial charge in [-0.2, -0.15) is 62.9 Å². The highest BCUT2D eigenvalue weighted by Crippen LogP contribution is 2.39. The summed E-state index contributed by atoms with van der Waals surface area (Å²) in [5, 5.41) is 4.93. The van der Waals surface area contributed by atoms with Crippen molar-refractivity contribution in [2.75, 3.05) is 0 Å². The van der Waals surface area contributed by atoms with Gasteiger partial charge in [-0.3, -0.25) is 0 Å². The topological polar surface area (TPSA) is 24.7 Å². The summed E-state index contributed by atoms with van der Waals surface area (Å²) >= 11 is 0. The lowest BCUT2D eigenvalue weighted by Crippen LogP contribution is -2.26. The first-order valence-corrected chi connectivity index (χ1v) is 5.23. The van der Waals surface area contributed by atoms with Crippen LogP contribution in [0.2, 0.25) is 0 Å². The molecular formula is C10H4F12N2. The first kappa shape index (κ1) is 22.0. The summed E-state index contributed by atoms with van der Waals surface area (Å²) < 4.78 is 144. The van der Waals surface area contributed by atoms with Crippen molar-refractivity contribution in [3.05, 3.63) is 23.3 Å². The summed E-state index contributed by atoms with van der Waals surface area (Å²) in [7, 11) is 0. The molecule has 0 unspecified atom stereocenters. The Hall–Kier alpha value is -2.02. The Morgan fingerprint density at radius 1 is 0.458 bits per heavy atom. The molecule has 0 atom stereocenters. The summed E-state index contributed by atoms with van der Waals surface area (Å²) in [6.07, 6.45) is -24.8. The fourth-order valence-corrected chi connectivity index (χ4v) is 0.992. The van der Waals surface area contributed by atoms with Crippen LogP contribution < -0.4 is 0 Å². The van der Waals surface area contributed by atoms with Gasteiger partial charge in [-0.15, -0.1) is 0 Å². The standard InChI is InChI=1S/C10H4F12N2/c11-7(12,13)5(8(14,15)16)1-3-23-24-4-2-6(9(17,18)19)10(20,21)22/h1-4H/b23-3+,24-4+. The van der Waals surface area contributed by atoms with E-state index < -0.39 is 48.0 Å². The van der Waals surface area contributed by atoms with Crippen LogP contribution in [0.4, 0.5) is 52.7 Å². The Kier molecular flexibility index (Phi) is 6.64. The van der Waals surface area contributed by atoms with Gasteiger partial charge in [-0.25, -0.2) is 0 Å². The quantitative estimate of drug-likeness (QED) is 0.368. The molecule has 0 aliphatic rings. The zero-order valence-electron chi connectivity index (χ0n) is 10.7. The molecule has 0 radical (unpaired) electrons. The fraction of sp³-hybridized carbons (Fsp3) is 0.400. The van der Waals surface area contributed by atoms with Crippen LogP contribution in [0.3, 0.4) is 0 Å². The molecule has 0 N–H and O–H groups in total. The Morgan fingerprint density at radius 3 is 0.833 bits per heavy atom. The molecule has 2 nitrogen and oxygen atoms in total. The molecule has 0 fully saturated rings. The minimum atomic E-state index is -5.80. The van der Waals surface area contributed by atoms with Crippen LogP contribution in [0.15, 0.2) is 33.5 Å². The molecule has 14 heteroatoms. The van der Waals surface area contributed by atoms with Crippen molar-refractivity contribution in [3.63, 3.8) is 0 Å². The Labute approximate surface area is 124 Å². The number of hydrogen-bond acceptors (Lipinski definition) is 2. The third kappa shape index (κ3) is 7.50. The molecule has 0 spiro atoms. The largest absolute Gasteiger partial charge is 0.421 e. The van der Waals surface area contributed by atoms with E-state index >= 15 is 0 Å². The van der Waals surface area contributed by atoms with Crippen molar-refractivity contribution in [2.24, 2.45) is 10.2 Å². The predicted molar refractivity (Wildman–Crippen MR) is 57.4 cm³/mol. The Morgan fingerprint density at radius 2 is 0.667 bits per heavy atom. The van der Waals surface area contributed by atoms with Gasteiger partial charge in [0.2, 0.25) is 0 Å². The Bertz CT molecular complexity index is 456. The van der Waals surface area contributed by atoms with E-state index in [0.29, 0.717) is 0 Å². The van der Waals surface area contributed by atoms with Gasteiger partial charge < -0.3 is 0 Å². The predicted octanol–water partition coefficient (Wildman–Crippen LogP) is 5.15. The summed E-state index contributed by atoms with van der Waals surface area (Å²) in [4.78, 5) is 0. The second-order valence-corrected chi connectivity index (χ2v) is 3.68. The van der Waals surface area contributed by atoms with Gasteiger partial charge in [0, 0.05) is 0 Å². The molecule has 138 valence electrons. The zero-order valence-corrected chi connectivity index (χ0v) is 10.7. The van der Waals surface area contributed by atoms with Gasteiger partial charge in [0.1, 0.15) is 11.1 Å². The monoisotopic (exact) mass is 380 g/mol. The van der Waals surface area contributed by atoms with Gasteiger partial charge in [0.15, 0.2) is 0 Å². The van der Waals surface area contributed by atoms with Crippen molar-refractivity contribution < 1.29 is 52.7 Å². The van der Waals surface area contributed by atoms with Crippen molar-refractivity contribution in [2.45, 2.75) is 24.7 Å². The van der Waals surface area contributed by atoms with Gasteiger partial charge in [-0.1, -0.05) is 0 Å². The molecule has 0 heterocycles. The van der Waals surface area contributed by atoms with Crippen molar-refractivity contribution >= 4 is 12.4 Å². The third-order valence-corrected chi connectivity index (χ3v) is 1.90. The molecule has 0 aromatic rings. The first-order valence-electron chi connectivity index (χ1n) is 5.23. The Balaban J connectivity index is 5.32. The maximum absolute atomic E-state index is 12.0. The summed E-state index contributed by atoms with van der Waals surface area (Å²) in [6.45, 7) is 0. The van der Waals surface area contributed by atoms with E-state index in [1.165, 1.54) is 0 Å². The minimum Gasteiger partial charge on any atom is -0.166 e. The number of hydrogen-bond donors (Lipinski definition) is 0. The van der Waals surface area contributed by atoms with Crippen LogP contribution in [0.1, 0.15) is 0 Å². The highest BCUT2D eigenvalue weighted by molar-refractivity contribution is 5.76. The molecule has 0 aliphatic carbocycles. The summed E-state index contributed by atoms with van der Waals surface area (Å²) in [5.74, 6) is 0. The molecule has 0 saturated heterocycles. The van der Waals surface area contributed by atoms with Crippen molar-refractivity contribution in [1.82, 2.24) is 0 Å². The molecule has 0 amide bonds. The van der Waals surface area contributed by atoms with E-state index in [0.717, 1.165) is 0 Å². The number of alkyl halides is 12. The van der Waals surface area contributed by atoms with Crippen LogP contribution in [-0.2, 0) is 0 Å². The number of halogens is 12. The molecule has 24 heavy (non-hydrogen) atoms. The van der Waals surface area contributed by atoms with Gasteiger partial charge in [0.25, 0.3) is 0 Å². The van der Waals surface area contributed by atoms with Crippen molar-refractivity contribution in [3.8, 4) is 0 Å². The van der Waals surface area contributed by atoms with Crippen LogP contribution >= 0.6 is 0 Å². The van der Waals surface area contributed by atoms with Crippen LogP contribution in [-0.4, -0.2) is 37.1 Å². The number of nitrogens with zero attached hydrogens (tertiary/aromatic N) is 2. The minimum absolute atomic E-state index is 0.193. The maximum Gasteiger partial charge on any atom is 0.421 e. The third-order valence-electron chi connectivity index (χ3n) is 1.90. The molecule has 0 aromatic heterocycles. The second-order valence-electron chi connectivity index (χ2n) is 3.68.